The lowest BCUT2D eigenvalue weighted by molar-refractivity contribution is 1.16. The van der Waals surface area contributed by atoms with Gasteiger partial charge >= 0.3 is 0 Å². The fourth-order valence-corrected chi connectivity index (χ4v) is 2.58. The third-order valence-electron chi connectivity index (χ3n) is 3.45. The summed E-state index contributed by atoms with van der Waals surface area (Å²) in [6.45, 7) is 0. The highest BCUT2D eigenvalue weighted by atomic mass is 16.1. The van der Waals surface area contributed by atoms with E-state index in [2.05, 4.69) is 16.0 Å². The Morgan fingerprint density at radius 1 is 1.20 bits per heavy atom. The van der Waals surface area contributed by atoms with Gasteiger partial charge in [-0.05, 0) is 24.3 Å². The Morgan fingerprint density at radius 3 is 2.90 bits per heavy atom. The molecule has 94 valence electrons. The van der Waals surface area contributed by atoms with Crippen molar-refractivity contribution in [3.05, 3.63) is 58.5 Å². The van der Waals surface area contributed by atoms with Gasteiger partial charge in [-0.1, -0.05) is 12.1 Å². The quantitative estimate of drug-likeness (QED) is 0.526. The molecular formula is C15H8N4O. The van der Waals surface area contributed by atoms with Crippen LogP contribution in [-0.4, -0.2) is 14.4 Å². The maximum atomic E-state index is 12.6. The Hall–Kier alpha value is -3.13. The molecule has 3 aromatic heterocycles. The summed E-state index contributed by atoms with van der Waals surface area (Å²) >= 11 is 0. The lowest BCUT2D eigenvalue weighted by Crippen LogP contribution is -2.14. The van der Waals surface area contributed by atoms with Gasteiger partial charge in [0.15, 0.2) is 0 Å². The monoisotopic (exact) mass is 260 g/mol. The van der Waals surface area contributed by atoms with Crippen molar-refractivity contribution in [2.24, 2.45) is 0 Å². The highest BCUT2D eigenvalue weighted by molar-refractivity contribution is 5.93. The molecule has 0 spiro atoms. The average Bonchev–Trinajstić information content (AvgIpc) is 2.87. The van der Waals surface area contributed by atoms with Crippen LogP contribution < -0.4 is 5.56 Å². The number of imidazole rings is 1. The fourth-order valence-electron chi connectivity index (χ4n) is 2.58. The molecule has 0 fully saturated rings. The third-order valence-corrected chi connectivity index (χ3v) is 3.45. The smallest absolute Gasteiger partial charge is 0.266 e. The molecule has 4 aromatic rings. The van der Waals surface area contributed by atoms with E-state index in [0.717, 1.165) is 11.0 Å². The van der Waals surface area contributed by atoms with Crippen LogP contribution in [0.1, 0.15) is 5.56 Å². The van der Waals surface area contributed by atoms with Crippen LogP contribution >= 0.6 is 0 Å². The van der Waals surface area contributed by atoms with Crippen LogP contribution in [0.3, 0.4) is 0 Å². The molecule has 1 N–H and O–H groups in total. The molecule has 0 bridgehead atoms. The van der Waals surface area contributed by atoms with Crippen molar-refractivity contribution in [2.75, 3.05) is 0 Å². The van der Waals surface area contributed by atoms with Gasteiger partial charge in [0, 0.05) is 6.20 Å². The second kappa shape index (κ2) is 3.68. The van der Waals surface area contributed by atoms with E-state index in [1.54, 1.807) is 18.3 Å². The number of pyridine rings is 2. The maximum absolute atomic E-state index is 12.6. The van der Waals surface area contributed by atoms with Gasteiger partial charge in [0.2, 0.25) is 0 Å². The molecule has 0 radical (unpaired) electrons. The summed E-state index contributed by atoms with van der Waals surface area (Å²) in [5.41, 5.74) is 2.72. The number of para-hydroxylation sites is 2. The second-order valence-corrected chi connectivity index (χ2v) is 4.52. The number of aromatic amines is 1. The first-order valence-electron chi connectivity index (χ1n) is 6.11. The number of hydrogen-bond acceptors (Lipinski definition) is 3. The Labute approximate surface area is 112 Å². The van der Waals surface area contributed by atoms with Gasteiger partial charge in [-0.2, -0.15) is 5.26 Å². The number of benzene rings is 1. The number of fused-ring (bicyclic) bond motifs is 4. The number of nitrogens with one attached hydrogen (secondary N) is 1. The van der Waals surface area contributed by atoms with Gasteiger partial charge in [-0.15, -0.1) is 0 Å². The highest BCUT2D eigenvalue weighted by Crippen LogP contribution is 2.21. The minimum Gasteiger partial charge on any atom is -0.338 e. The molecule has 0 atom stereocenters. The number of hydrogen-bond donors (Lipinski definition) is 1. The summed E-state index contributed by atoms with van der Waals surface area (Å²) in [6, 6.07) is 13.0. The average molecular weight is 260 g/mol. The Balaban J connectivity index is 2.45. The van der Waals surface area contributed by atoms with Gasteiger partial charge in [0.1, 0.15) is 17.3 Å². The predicted octanol–water partition coefficient (Wildman–Crippen LogP) is 2.20. The topological polar surface area (TPSA) is 73.9 Å². The van der Waals surface area contributed by atoms with Gasteiger partial charge in [0.05, 0.1) is 21.9 Å². The summed E-state index contributed by atoms with van der Waals surface area (Å²) in [5.74, 6) is 0. The van der Waals surface area contributed by atoms with Crippen LogP contribution in [0.4, 0.5) is 0 Å². The van der Waals surface area contributed by atoms with Crippen LogP contribution in [0.5, 0.6) is 0 Å². The molecule has 1 aromatic carbocycles. The summed E-state index contributed by atoms with van der Waals surface area (Å²) in [5, 5.41) is 9.87. The van der Waals surface area contributed by atoms with Crippen LogP contribution in [-0.2, 0) is 0 Å². The maximum Gasteiger partial charge on any atom is 0.266 e. The van der Waals surface area contributed by atoms with E-state index in [1.165, 1.54) is 4.40 Å². The van der Waals surface area contributed by atoms with E-state index in [1.807, 2.05) is 24.3 Å². The molecular weight excluding hydrogens is 252 g/mol. The Morgan fingerprint density at radius 2 is 2.05 bits per heavy atom. The number of H-pyrrole nitrogens is 1. The van der Waals surface area contributed by atoms with E-state index in [0.29, 0.717) is 22.1 Å². The molecule has 0 saturated heterocycles. The zero-order valence-corrected chi connectivity index (χ0v) is 10.3. The summed E-state index contributed by atoms with van der Waals surface area (Å²) in [6.07, 6.45) is 1.59. The molecule has 4 rings (SSSR count). The zero-order valence-electron chi connectivity index (χ0n) is 10.3. The van der Waals surface area contributed by atoms with Crippen LogP contribution in [0.2, 0.25) is 0 Å². The largest absolute Gasteiger partial charge is 0.338 e. The molecule has 3 heterocycles. The first-order chi connectivity index (χ1) is 9.81. The molecule has 0 amide bonds. The first kappa shape index (κ1) is 10.8. The molecule has 0 aliphatic carbocycles. The number of rotatable bonds is 0. The van der Waals surface area contributed by atoms with Gasteiger partial charge < -0.3 is 4.98 Å². The van der Waals surface area contributed by atoms with Crippen molar-refractivity contribution >= 4 is 27.6 Å². The van der Waals surface area contributed by atoms with Gasteiger partial charge in [0.25, 0.3) is 5.56 Å². The van der Waals surface area contributed by atoms with Crippen molar-refractivity contribution in [1.82, 2.24) is 14.4 Å². The van der Waals surface area contributed by atoms with Crippen molar-refractivity contribution in [3.8, 4) is 6.07 Å². The molecule has 0 aliphatic heterocycles. The van der Waals surface area contributed by atoms with Crippen molar-refractivity contribution in [2.45, 2.75) is 0 Å². The number of nitriles is 1. The third kappa shape index (κ3) is 1.20. The minimum atomic E-state index is -0.167. The lowest BCUT2D eigenvalue weighted by atomic mass is 10.2. The predicted molar refractivity (Wildman–Crippen MR) is 75.5 cm³/mol. The van der Waals surface area contributed by atoms with E-state index in [-0.39, 0.29) is 5.56 Å². The number of nitrogens with zero attached hydrogens (tertiary/aromatic N) is 3. The second-order valence-electron chi connectivity index (χ2n) is 4.52. The van der Waals surface area contributed by atoms with Crippen LogP contribution in [0, 0.1) is 11.3 Å². The molecule has 0 unspecified atom stereocenters. The SMILES string of the molecule is N#Cc1c2ncccc2c(=O)n2c1[nH]c1ccccc12. The first-order valence-corrected chi connectivity index (χ1v) is 6.11. The van der Waals surface area contributed by atoms with E-state index in [9.17, 15) is 10.1 Å². The van der Waals surface area contributed by atoms with Crippen LogP contribution in [0.15, 0.2) is 47.4 Å². The summed E-state index contributed by atoms with van der Waals surface area (Å²) in [7, 11) is 0. The number of aromatic nitrogens is 3. The highest BCUT2D eigenvalue weighted by Gasteiger charge is 2.15. The van der Waals surface area contributed by atoms with Crippen molar-refractivity contribution in [3.63, 3.8) is 0 Å². The van der Waals surface area contributed by atoms with Gasteiger partial charge in [-0.3, -0.25) is 14.2 Å². The molecule has 20 heavy (non-hydrogen) atoms. The Kier molecular flexibility index (Phi) is 1.98. The molecule has 5 heteroatoms. The minimum absolute atomic E-state index is 0.167. The lowest BCUT2D eigenvalue weighted by Gasteiger charge is -2.01. The zero-order chi connectivity index (χ0) is 13.7. The van der Waals surface area contributed by atoms with E-state index in [4.69, 9.17) is 0 Å². The van der Waals surface area contributed by atoms with Crippen LogP contribution in [0.25, 0.3) is 27.6 Å². The van der Waals surface area contributed by atoms with Crippen molar-refractivity contribution in [1.29, 1.82) is 5.26 Å². The summed E-state index contributed by atoms with van der Waals surface area (Å²) < 4.78 is 1.54. The molecule has 0 aliphatic rings. The standard InChI is InChI=1S/C15H8N4O/c16-8-10-13-9(4-3-7-17-13)15(20)19-12-6-2-1-5-11(12)18-14(10)19/h1-7,18H. The fraction of sp³-hybridized carbons (Fsp3) is 0. The Bertz CT molecular complexity index is 1080. The summed E-state index contributed by atoms with van der Waals surface area (Å²) in [4.78, 5) is 19.9. The molecule has 5 nitrogen and oxygen atoms in total. The van der Waals surface area contributed by atoms with E-state index < -0.39 is 0 Å². The molecule has 0 saturated carbocycles. The van der Waals surface area contributed by atoms with Crippen molar-refractivity contribution < 1.29 is 0 Å². The normalized spacial score (nSPS) is 11.2. The van der Waals surface area contributed by atoms with E-state index >= 15 is 0 Å². The van der Waals surface area contributed by atoms with Gasteiger partial charge in [-0.25, -0.2) is 0 Å².